The first-order chi connectivity index (χ1) is 14.3. The van der Waals surface area contributed by atoms with Gasteiger partial charge in [-0.25, -0.2) is 9.78 Å². The first kappa shape index (κ1) is 21.9. The van der Waals surface area contributed by atoms with Crippen molar-refractivity contribution in [2.24, 2.45) is 0 Å². The van der Waals surface area contributed by atoms with E-state index in [0.29, 0.717) is 33.3 Å². The minimum Gasteiger partial charge on any atom is -0.338 e. The number of nitrogens with zero attached hydrogens (tertiary/aromatic N) is 2. The topological polar surface area (TPSA) is 93.1 Å². The summed E-state index contributed by atoms with van der Waals surface area (Å²) in [4.78, 5) is 42.0. The Labute approximate surface area is 182 Å². The van der Waals surface area contributed by atoms with Crippen LogP contribution in [0.25, 0.3) is 16.6 Å². The van der Waals surface area contributed by atoms with Crippen molar-refractivity contribution in [2.75, 3.05) is 6.54 Å². The van der Waals surface area contributed by atoms with Crippen LogP contribution in [0.2, 0.25) is 5.02 Å². The normalized spacial score (nSPS) is 11.9. The molecular weight excluding hydrogens is 424 g/mol. The predicted molar refractivity (Wildman–Crippen MR) is 120 cm³/mol. The molecule has 156 valence electrons. The number of fused-ring (bicyclic) bond motifs is 1. The summed E-state index contributed by atoms with van der Waals surface area (Å²) in [6, 6.07) is 11.8. The Kier molecular flexibility index (Phi) is 6.79. The summed E-state index contributed by atoms with van der Waals surface area (Å²) in [7, 11) is 0. The van der Waals surface area contributed by atoms with Crippen LogP contribution in [-0.4, -0.2) is 33.3 Å². The van der Waals surface area contributed by atoms with E-state index in [9.17, 15) is 14.4 Å². The lowest BCUT2D eigenvalue weighted by atomic mass is 10.2. The van der Waals surface area contributed by atoms with Gasteiger partial charge < -0.3 is 5.32 Å². The molecule has 0 aliphatic heterocycles. The fraction of sp³-hybridized carbons (Fsp3) is 0.238. The number of amides is 3. The maximum atomic E-state index is 13.3. The van der Waals surface area contributed by atoms with Crippen LogP contribution in [0.15, 0.2) is 52.4 Å². The molecule has 7 nitrogen and oxygen atoms in total. The lowest BCUT2D eigenvalue weighted by molar-refractivity contribution is -0.119. The average molecular weight is 445 g/mol. The van der Waals surface area contributed by atoms with Crippen LogP contribution in [0, 0.1) is 6.92 Å². The third kappa shape index (κ3) is 4.83. The highest BCUT2D eigenvalue weighted by Gasteiger charge is 2.21. The molecule has 3 rings (SSSR count). The monoisotopic (exact) mass is 444 g/mol. The lowest BCUT2D eigenvalue weighted by Crippen LogP contribution is -2.42. The first-order valence-electron chi connectivity index (χ1n) is 9.35. The van der Waals surface area contributed by atoms with E-state index in [0.717, 1.165) is 17.3 Å². The van der Waals surface area contributed by atoms with Gasteiger partial charge >= 0.3 is 6.03 Å². The van der Waals surface area contributed by atoms with Gasteiger partial charge in [-0.1, -0.05) is 35.5 Å². The van der Waals surface area contributed by atoms with Gasteiger partial charge in [0, 0.05) is 11.6 Å². The van der Waals surface area contributed by atoms with E-state index in [1.807, 2.05) is 25.1 Å². The third-order valence-electron chi connectivity index (χ3n) is 4.29. The Bertz CT molecular complexity index is 1180. The number of nitrogens with one attached hydrogen (secondary N) is 2. The molecule has 0 spiro atoms. The van der Waals surface area contributed by atoms with Crippen molar-refractivity contribution in [3.8, 4) is 5.69 Å². The molecule has 0 bridgehead atoms. The van der Waals surface area contributed by atoms with Crippen LogP contribution in [0.5, 0.6) is 0 Å². The van der Waals surface area contributed by atoms with E-state index >= 15 is 0 Å². The van der Waals surface area contributed by atoms with Gasteiger partial charge in [0.2, 0.25) is 5.91 Å². The number of imide groups is 1. The van der Waals surface area contributed by atoms with Gasteiger partial charge in [-0.15, -0.1) is 0 Å². The number of carbonyl (C=O) groups excluding carboxylic acids is 2. The molecule has 2 N–H and O–H groups in total. The highest BCUT2D eigenvalue weighted by molar-refractivity contribution is 8.00. The number of hydrogen-bond acceptors (Lipinski definition) is 5. The molecule has 0 aliphatic carbocycles. The van der Waals surface area contributed by atoms with Gasteiger partial charge in [0.1, 0.15) is 0 Å². The molecule has 1 aromatic heterocycles. The quantitative estimate of drug-likeness (QED) is 0.462. The molecule has 0 aliphatic rings. The molecule has 2 aromatic carbocycles. The Balaban J connectivity index is 2.07. The maximum absolute atomic E-state index is 13.3. The van der Waals surface area contributed by atoms with Crippen molar-refractivity contribution in [1.29, 1.82) is 0 Å². The van der Waals surface area contributed by atoms with Crippen molar-refractivity contribution in [3.05, 3.63) is 63.4 Å². The average Bonchev–Trinajstić information content (AvgIpc) is 2.68. The van der Waals surface area contributed by atoms with Crippen LogP contribution in [0.3, 0.4) is 0 Å². The summed E-state index contributed by atoms with van der Waals surface area (Å²) in [5.74, 6) is -0.484. The predicted octanol–water partition coefficient (Wildman–Crippen LogP) is 3.67. The Morgan fingerprint density at radius 1 is 1.23 bits per heavy atom. The standard InChI is InChI=1S/C21H21ClN4O3S/c1-4-23-20(29)25-18(27)13(3)30-21-24-17-11-14(22)8-9-16(17)19(28)26(21)15-7-5-6-12(2)10-15/h5-11,13H,4H2,1-3H3,(H2,23,25,27,29). The van der Waals surface area contributed by atoms with E-state index in [1.165, 1.54) is 4.57 Å². The summed E-state index contributed by atoms with van der Waals surface area (Å²) in [6.45, 7) is 5.74. The highest BCUT2D eigenvalue weighted by Crippen LogP contribution is 2.26. The van der Waals surface area contributed by atoms with Gasteiger partial charge in [-0.2, -0.15) is 0 Å². The molecule has 3 amide bonds. The van der Waals surface area contributed by atoms with Crippen LogP contribution in [0.4, 0.5) is 4.79 Å². The van der Waals surface area contributed by atoms with E-state index in [-0.39, 0.29) is 5.56 Å². The van der Waals surface area contributed by atoms with Crippen molar-refractivity contribution in [2.45, 2.75) is 31.2 Å². The molecule has 3 aromatic rings. The lowest BCUT2D eigenvalue weighted by Gasteiger charge is -2.16. The molecule has 0 fully saturated rings. The molecule has 9 heteroatoms. The van der Waals surface area contributed by atoms with Crippen LogP contribution >= 0.6 is 23.4 Å². The smallest absolute Gasteiger partial charge is 0.321 e. The summed E-state index contributed by atoms with van der Waals surface area (Å²) >= 11 is 7.17. The minimum absolute atomic E-state index is 0.263. The second-order valence-corrected chi connectivity index (χ2v) is 8.39. The molecule has 30 heavy (non-hydrogen) atoms. The fourth-order valence-electron chi connectivity index (χ4n) is 2.84. The first-order valence-corrected chi connectivity index (χ1v) is 10.6. The molecule has 1 unspecified atom stereocenters. The van der Waals surface area contributed by atoms with Gasteiger partial charge in [0.05, 0.1) is 21.8 Å². The number of urea groups is 1. The number of carbonyl (C=O) groups is 2. The number of aromatic nitrogens is 2. The molecule has 0 saturated heterocycles. The van der Waals surface area contributed by atoms with Gasteiger partial charge in [-0.3, -0.25) is 19.5 Å². The number of rotatable bonds is 5. The summed E-state index contributed by atoms with van der Waals surface area (Å²) in [6.07, 6.45) is 0. The van der Waals surface area contributed by atoms with Crippen molar-refractivity contribution in [1.82, 2.24) is 20.2 Å². The zero-order valence-corrected chi connectivity index (χ0v) is 18.3. The van der Waals surface area contributed by atoms with Crippen LogP contribution in [0.1, 0.15) is 19.4 Å². The fourth-order valence-corrected chi connectivity index (χ4v) is 3.94. The molecule has 0 saturated carbocycles. The van der Waals surface area contributed by atoms with E-state index < -0.39 is 17.2 Å². The number of halogens is 1. The van der Waals surface area contributed by atoms with Crippen LogP contribution in [-0.2, 0) is 4.79 Å². The van der Waals surface area contributed by atoms with E-state index in [4.69, 9.17) is 11.6 Å². The molecule has 0 radical (unpaired) electrons. The van der Waals surface area contributed by atoms with Crippen molar-refractivity contribution >= 4 is 46.2 Å². The second-order valence-electron chi connectivity index (χ2n) is 6.64. The SMILES string of the molecule is CCNC(=O)NC(=O)C(C)Sc1nc2cc(Cl)ccc2c(=O)n1-c1cccc(C)c1. The third-order valence-corrected chi connectivity index (χ3v) is 5.57. The number of benzene rings is 2. The van der Waals surface area contributed by atoms with Gasteiger partial charge in [0.15, 0.2) is 5.16 Å². The van der Waals surface area contributed by atoms with Gasteiger partial charge in [0.25, 0.3) is 5.56 Å². The Morgan fingerprint density at radius 2 is 2.00 bits per heavy atom. The zero-order chi connectivity index (χ0) is 21.8. The summed E-state index contributed by atoms with van der Waals surface area (Å²) < 4.78 is 1.48. The van der Waals surface area contributed by atoms with E-state index in [1.54, 1.807) is 38.1 Å². The van der Waals surface area contributed by atoms with E-state index in [2.05, 4.69) is 15.6 Å². The minimum atomic E-state index is -0.674. The number of hydrogen-bond donors (Lipinski definition) is 2. The zero-order valence-electron chi connectivity index (χ0n) is 16.7. The van der Waals surface area contributed by atoms with Crippen molar-refractivity contribution in [3.63, 3.8) is 0 Å². The van der Waals surface area contributed by atoms with Crippen LogP contribution < -0.4 is 16.2 Å². The maximum Gasteiger partial charge on any atom is 0.321 e. The summed E-state index contributed by atoms with van der Waals surface area (Å²) in [5, 5.41) is 5.33. The highest BCUT2D eigenvalue weighted by atomic mass is 35.5. The number of aryl methyl sites for hydroxylation is 1. The Hall–Kier alpha value is -2.84. The molecule has 1 heterocycles. The Morgan fingerprint density at radius 3 is 2.70 bits per heavy atom. The van der Waals surface area contributed by atoms with Crippen molar-refractivity contribution < 1.29 is 9.59 Å². The summed E-state index contributed by atoms with van der Waals surface area (Å²) in [5.41, 5.74) is 1.80. The van der Waals surface area contributed by atoms with Gasteiger partial charge in [-0.05, 0) is 56.7 Å². The number of thioether (sulfide) groups is 1. The molecular formula is C21H21ClN4O3S. The largest absolute Gasteiger partial charge is 0.338 e. The molecule has 1 atom stereocenters. The second kappa shape index (κ2) is 9.32.